The number of hydrogen-bond donors (Lipinski definition) is 1. The molecule has 4 rings (SSSR count). The van der Waals surface area contributed by atoms with Crippen molar-refractivity contribution >= 4 is 17.3 Å². The number of rotatable bonds is 11. The third-order valence-corrected chi connectivity index (χ3v) is 7.36. The summed E-state index contributed by atoms with van der Waals surface area (Å²) in [7, 11) is 1.64. The number of Topliss-reactive ketones (excluding diaryl/α,β-unsaturated/α-hetero) is 1. The van der Waals surface area contributed by atoms with Crippen LogP contribution in [0.2, 0.25) is 0 Å². The lowest BCUT2D eigenvalue weighted by Gasteiger charge is -2.36. The van der Waals surface area contributed by atoms with E-state index < -0.39 is 5.82 Å². The number of nitriles is 1. The average molecular weight is 552 g/mol. The molecule has 2 aromatic rings. The summed E-state index contributed by atoms with van der Waals surface area (Å²) in [5, 5.41) is 17.7. The van der Waals surface area contributed by atoms with Gasteiger partial charge in [-0.05, 0) is 49.1 Å². The molecule has 2 aliphatic heterocycles. The highest BCUT2D eigenvalue weighted by Gasteiger charge is 2.33. The predicted molar refractivity (Wildman–Crippen MR) is 152 cm³/mol. The number of anilines is 1. The van der Waals surface area contributed by atoms with Crippen molar-refractivity contribution in [1.29, 1.82) is 10.7 Å². The Morgan fingerprint density at radius 3 is 2.40 bits per heavy atom. The summed E-state index contributed by atoms with van der Waals surface area (Å²) in [6.45, 7) is 11.8. The van der Waals surface area contributed by atoms with Gasteiger partial charge in [-0.25, -0.2) is 4.39 Å². The Labute approximate surface area is 235 Å². The first-order valence-corrected chi connectivity index (χ1v) is 13.8. The van der Waals surface area contributed by atoms with Gasteiger partial charge in [0, 0.05) is 38.3 Å². The van der Waals surface area contributed by atoms with Crippen LogP contribution >= 0.6 is 0 Å². The van der Waals surface area contributed by atoms with Gasteiger partial charge >= 0.3 is 0 Å². The molecular weight excluding hydrogens is 513 g/mol. The average Bonchev–Trinajstić information content (AvgIpc) is 3.25. The first-order chi connectivity index (χ1) is 19.2. The fraction of sp³-hybridized carbons (Fsp3) is 0.500. The number of ether oxygens (including phenoxy) is 3. The van der Waals surface area contributed by atoms with Crippen LogP contribution < -0.4 is 19.1 Å². The third kappa shape index (κ3) is 5.70. The lowest BCUT2D eigenvalue weighted by atomic mass is 9.95. The molecule has 0 unspecified atom stereocenters. The van der Waals surface area contributed by atoms with Gasteiger partial charge in [-0.3, -0.25) is 15.1 Å². The van der Waals surface area contributed by atoms with Crippen LogP contribution in [0.1, 0.15) is 60.7 Å². The zero-order valence-electron chi connectivity index (χ0n) is 24.0. The smallest absolute Gasteiger partial charge is 0.197 e. The monoisotopic (exact) mass is 551 g/mol. The van der Waals surface area contributed by atoms with Crippen LogP contribution in [0.5, 0.6) is 17.2 Å². The fourth-order valence-corrected chi connectivity index (χ4v) is 5.35. The van der Waals surface area contributed by atoms with E-state index in [4.69, 9.17) is 24.9 Å². The molecule has 0 spiro atoms. The van der Waals surface area contributed by atoms with E-state index in [0.29, 0.717) is 43.1 Å². The van der Waals surface area contributed by atoms with Crippen molar-refractivity contribution in [2.24, 2.45) is 0 Å². The highest BCUT2D eigenvalue weighted by atomic mass is 19.1. The van der Waals surface area contributed by atoms with Crippen LogP contribution in [0.15, 0.2) is 18.2 Å². The minimum Gasteiger partial charge on any atom is -0.494 e. The summed E-state index contributed by atoms with van der Waals surface area (Å²) in [5.74, 6) is 0.315. The normalized spacial score (nSPS) is 15.3. The number of benzene rings is 2. The molecular formula is C30H38FN5O4. The molecule has 2 aliphatic rings. The van der Waals surface area contributed by atoms with Crippen molar-refractivity contribution in [1.82, 2.24) is 9.80 Å². The number of nitrogens with one attached hydrogen (secondary N) is 1. The molecule has 9 nitrogen and oxygen atoms in total. The maximum Gasteiger partial charge on any atom is 0.197 e. The maximum atomic E-state index is 15.5. The van der Waals surface area contributed by atoms with Gasteiger partial charge in [-0.15, -0.1) is 0 Å². The van der Waals surface area contributed by atoms with Gasteiger partial charge in [0.1, 0.15) is 11.6 Å². The maximum absolute atomic E-state index is 15.5. The molecule has 10 heteroatoms. The SMILES string of the molecule is CCOc1cc2c(c(F)c1OCC)C(=N)N(CC(=O)c1cc(C(C)C)c(OC)c(N3CCN(CC#N)CC3)c1)C2. The van der Waals surface area contributed by atoms with Crippen LogP contribution in [0.4, 0.5) is 10.1 Å². The molecule has 1 fully saturated rings. The van der Waals surface area contributed by atoms with E-state index in [1.807, 2.05) is 19.1 Å². The summed E-state index contributed by atoms with van der Waals surface area (Å²) in [6.07, 6.45) is 0. The Balaban J connectivity index is 1.62. The van der Waals surface area contributed by atoms with E-state index in [1.54, 1.807) is 25.0 Å². The number of carbonyl (C=O) groups is 1. The van der Waals surface area contributed by atoms with Crippen molar-refractivity contribution in [3.63, 3.8) is 0 Å². The number of fused-ring (bicyclic) bond motifs is 1. The fourth-order valence-electron chi connectivity index (χ4n) is 5.35. The Morgan fingerprint density at radius 1 is 1.10 bits per heavy atom. The lowest BCUT2D eigenvalue weighted by Crippen LogP contribution is -2.46. The van der Waals surface area contributed by atoms with Gasteiger partial charge in [-0.2, -0.15) is 5.26 Å². The summed E-state index contributed by atoms with van der Waals surface area (Å²) in [6, 6.07) is 7.65. The van der Waals surface area contributed by atoms with E-state index in [-0.39, 0.29) is 48.5 Å². The minimum absolute atomic E-state index is 0.00253. The van der Waals surface area contributed by atoms with Gasteiger partial charge in [0.05, 0.1) is 50.7 Å². The molecule has 0 aliphatic carbocycles. The van der Waals surface area contributed by atoms with E-state index in [9.17, 15) is 4.79 Å². The molecule has 214 valence electrons. The van der Waals surface area contributed by atoms with Crippen molar-refractivity contribution in [2.45, 2.75) is 40.2 Å². The van der Waals surface area contributed by atoms with Crippen LogP contribution in [0.3, 0.4) is 0 Å². The number of halogens is 1. The second-order valence-corrected chi connectivity index (χ2v) is 10.2. The van der Waals surface area contributed by atoms with Gasteiger partial charge in [-0.1, -0.05) is 13.8 Å². The predicted octanol–water partition coefficient (Wildman–Crippen LogP) is 4.42. The molecule has 0 bridgehead atoms. The number of methoxy groups -OCH3 is 1. The molecule has 40 heavy (non-hydrogen) atoms. The highest BCUT2D eigenvalue weighted by Crippen LogP contribution is 2.40. The molecule has 2 heterocycles. The number of piperazine rings is 1. The van der Waals surface area contributed by atoms with Gasteiger partial charge < -0.3 is 24.0 Å². The lowest BCUT2D eigenvalue weighted by molar-refractivity contribution is 0.0962. The molecule has 1 saturated heterocycles. The van der Waals surface area contributed by atoms with Crippen molar-refractivity contribution in [2.75, 3.05) is 64.5 Å². The zero-order chi connectivity index (χ0) is 29.0. The molecule has 0 atom stereocenters. The Morgan fingerprint density at radius 2 is 1.80 bits per heavy atom. The van der Waals surface area contributed by atoms with E-state index >= 15 is 4.39 Å². The number of hydrogen-bond acceptors (Lipinski definition) is 8. The second-order valence-electron chi connectivity index (χ2n) is 10.2. The van der Waals surface area contributed by atoms with Gasteiger partial charge in [0.2, 0.25) is 0 Å². The zero-order valence-corrected chi connectivity index (χ0v) is 24.0. The second kappa shape index (κ2) is 12.6. The van der Waals surface area contributed by atoms with Crippen LogP contribution in [-0.2, 0) is 6.54 Å². The summed E-state index contributed by atoms with van der Waals surface area (Å²) >= 11 is 0. The van der Waals surface area contributed by atoms with E-state index in [1.165, 1.54) is 0 Å². The summed E-state index contributed by atoms with van der Waals surface area (Å²) < 4.78 is 32.4. The van der Waals surface area contributed by atoms with E-state index in [0.717, 1.165) is 30.1 Å². The number of amidine groups is 1. The number of carbonyl (C=O) groups excluding carboxylic acids is 1. The largest absolute Gasteiger partial charge is 0.494 e. The van der Waals surface area contributed by atoms with Crippen molar-refractivity contribution < 1.29 is 23.4 Å². The molecule has 0 amide bonds. The Kier molecular flexibility index (Phi) is 9.15. The summed E-state index contributed by atoms with van der Waals surface area (Å²) in [4.78, 5) is 19.6. The first kappa shape index (κ1) is 29.2. The van der Waals surface area contributed by atoms with Crippen LogP contribution in [0, 0.1) is 22.6 Å². The van der Waals surface area contributed by atoms with Gasteiger partial charge in [0.25, 0.3) is 0 Å². The van der Waals surface area contributed by atoms with Crippen molar-refractivity contribution in [3.05, 3.63) is 46.3 Å². The third-order valence-electron chi connectivity index (χ3n) is 7.36. The summed E-state index contributed by atoms with van der Waals surface area (Å²) in [5.41, 5.74) is 3.04. The molecule has 0 saturated carbocycles. The van der Waals surface area contributed by atoms with Gasteiger partial charge in [0.15, 0.2) is 23.1 Å². The quantitative estimate of drug-likeness (QED) is 0.323. The van der Waals surface area contributed by atoms with Crippen molar-refractivity contribution in [3.8, 4) is 23.3 Å². The Bertz CT molecular complexity index is 1310. The highest BCUT2D eigenvalue weighted by molar-refractivity contribution is 6.06. The number of ketones is 1. The molecule has 0 aromatic heterocycles. The van der Waals surface area contributed by atoms with Crippen LogP contribution in [0.25, 0.3) is 0 Å². The molecule has 1 N–H and O–H groups in total. The number of nitrogens with zero attached hydrogens (tertiary/aromatic N) is 4. The standard InChI is InChI=1S/C30H38FN5O4/c1-6-39-25-16-21-17-36(30(33)26(21)27(31)29(25)40-7-2)18-24(37)20-14-22(19(3)4)28(38-5)23(15-20)35-12-10-34(9-8-32)11-13-35/h14-16,19,33H,6-7,9-13,17-18H2,1-5H3. The molecule has 2 aromatic carbocycles. The topological polar surface area (TPSA) is 102 Å². The first-order valence-electron chi connectivity index (χ1n) is 13.8. The van der Waals surface area contributed by atoms with E-state index in [2.05, 4.69) is 29.7 Å². The minimum atomic E-state index is -0.632. The van der Waals surface area contributed by atoms with Crippen LogP contribution in [-0.4, -0.2) is 81.0 Å². The molecule has 0 radical (unpaired) electrons. The Hall–Kier alpha value is -3.84.